The number of hydrogen-bond acceptors (Lipinski definition) is 1. The van der Waals surface area contributed by atoms with Gasteiger partial charge in [-0.1, -0.05) is 31.5 Å². The first-order valence-corrected chi connectivity index (χ1v) is 7.19. The Morgan fingerprint density at radius 1 is 1.28 bits per heavy atom. The number of hydrogen-bond donors (Lipinski definition) is 1. The van der Waals surface area contributed by atoms with Crippen LogP contribution >= 0.6 is 0 Å². The summed E-state index contributed by atoms with van der Waals surface area (Å²) in [6, 6.07) is 7.07. The Hall–Kier alpha value is -0.890. The molecule has 4 atom stereocenters. The molecule has 18 heavy (non-hydrogen) atoms. The average molecular weight is 247 g/mol. The van der Waals surface area contributed by atoms with Gasteiger partial charge in [-0.2, -0.15) is 0 Å². The summed E-state index contributed by atoms with van der Waals surface area (Å²) in [7, 11) is 0. The fraction of sp³-hybridized carbons (Fsp3) is 0.625. The smallest absolute Gasteiger partial charge is 0.128 e. The van der Waals surface area contributed by atoms with Gasteiger partial charge in [0.1, 0.15) is 5.82 Å². The highest BCUT2D eigenvalue weighted by atomic mass is 19.1. The van der Waals surface area contributed by atoms with Crippen molar-refractivity contribution in [2.45, 2.75) is 44.6 Å². The molecule has 2 fully saturated rings. The Morgan fingerprint density at radius 2 is 2.06 bits per heavy atom. The van der Waals surface area contributed by atoms with E-state index in [0.29, 0.717) is 5.92 Å². The first-order valence-electron chi connectivity index (χ1n) is 7.19. The highest BCUT2D eigenvalue weighted by molar-refractivity contribution is 5.28. The monoisotopic (exact) mass is 247 g/mol. The maximum Gasteiger partial charge on any atom is 0.128 e. The molecule has 0 heterocycles. The van der Waals surface area contributed by atoms with Crippen molar-refractivity contribution >= 4 is 0 Å². The molecule has 2 aliphatic carbocycles. The molecule has 0 saturated heterocycles. The predicted molar refractivity (Wildman–Crippen MR) is 71.5 cm³/mol. The van der Waals surface area contributed by atoms with E-state index >= 15 is 0 Å². The molecule has 0 aliphatic heterocycles. The molecule has 2 N–H and O–H groups in total. The zero-order valence-electron chi connectivity index (χ0n) is 11.0. The van der Waals surface area contributed by atoms with Gasteiger partial charge in [0, 0.05) is 11.1 Å². The van der Waals surface area contributed by atoms with Crippen molar-refractivity contribution < 1.29 is 4.39 Å². The van der Waals surface area contributed by atoms with Crippen molar-refractivity contribution in [3.63, 3.8) is 0 Å². The van der Waals surface area contributed by atoms with Gasteiger partial charge in [-0.15, -0.1) is 0 Å². The van der Waals surface area contributed by atoms with Crippen LogP contribution in [-0.2, 0) is 5.54 Å². The summed E-state index contributed by atoms with van der Waals surface area (Å²) >= 11 is 0. The largest absolute Gasteiger partial charge is 0.321 e. The average Bonchev–Trinajstić information content (AvgIpc) is 3.01. The van der Waals surface area contributed by atoms with Crippen molar-refractivity contribution in [2.24, 2.45) is 23.5 Å². The van der Waals surface area contributed by atoms with E-state index in [4.69, 9.17) is 5.73 Å². The summed E-state index contributed by atoms with van der Waals surface area (Å²) in [5, 5.41) is 0. The quantitative estimate of drug-likeness (QED) is 0.863. The number of halogens is 1. The predicted octanol–water partition coefficient (Wildman–Crippen LogP) is 3.83. The summed E-state index contributed by atoms with van der Waals surface area (Å²) in [5.74, 6) is 1.91. The summed E-state index contributed by atoms with van der Waals surface area (Å²) in [6.45, 7) is 2.10. The molecular formula is C16H22FN. The van der Waals surface area contributed by atoms with E-state index in [-0.39, 0.29) is 5.82 Å². The lowest BCUT2D eigenvalue weighted by Crippen LogP contribution is -2.46. The van der Waals surface area contributed by atoms with Gasteiger partial charge in [-0.3, -0.25) is 0 Å². The first-order chi connectivity index (χ1) is 8.65. The van der Waals surface area contributed by atoms with E-state index in [1.54, 1.807) is 12.1 Å². The van der Waals surface area contributed by atoms with Crippen LogP contribution < -0.4 is 5.73 Å². The van der Waals surface area contributed by atoms with Crippen LogP contribution in [0.15, 0.2) is 24.3 Å². The summed E-state index contributed by atoms with van der Waals surface area (Å²) in [4.78, 5) is 0. The molecule has 0 aromatic heterocycles. The number of nitrogens with two attached hydrogens (primary N) is 1. The van der Waals surface area contributed by atoms with Crippen LogP contribution in [-0.4, -0.2) is 0 Å². The molecule has 2 bridgehead atoms. The third kappa shape index (κ3) is 1.70. The van der Waals surface area contributed by atoms with Gasteiger partial charge in [0.25, 0.3) is 0 Å². The molecule has 3 rings (SSSR count). The van der Waals surface area contributed by atoms with Gasteiger partial charge < -0.3 is 5.73 Å². The molecule has 2 saturated carbocycles. The third-order valence-corrected chi connectivity index (χ3v) is 5.36. The van der Waals surface area contributed by atoms with E-state index in [0.717, 1.165) is 23.8 Å². The number of rotatable bonds is 3. The van der Waals surface area contributed by atoms with E-state index < -0.39 is 5.54 Å². The minimum Gasteiger partial charge on any atom is -0.321 e. The molecule has 2 heteroatoms. The third-order valence-electron chi connectivity index (χ3n) is 5.36. The molecule has 98 valence electrons. The number of benzene rings is 1. The second-order valence-electron chi connectivity index (χ2n) is 6.16. The van der Waals surface area contributed by atoms with Crippen molar-refractivity contribution in [3.8, 4) is 0 Å². The topological polar surface area (TPSA) is 26.0 Å². The zero-order chi connectivity index (χ0) is 12.8. The van der Waals surface area contributed by atoms with Crippen LogP contribution in [0.2, 0.25) is 0 Å². The Bertz CT molecular complexity index is 444. The maximum absolute atomic E-state index is 14.1. The fourth-order valence-electron chi connectivity index (χ4n) is 4.37. The summed E-state index contributed by atoms with van der Waals surface area (Å²) in [6.07, 6.45) is 5.99. The molecule has 0 radical (unpaired) electrons. The van der Waals surface area contributed by atoms with E-state index in [9.17, 15) is 4.39 Å². The van der Waals surface area contributed by atoms with Crippen molar-refractivity contribution in [2.75, 3.05) is 0 Å². The van der Waals surface area contributed by atoms with Gasteiger partial charge in [-0.05, 0) is 49.5 Å². The molecule has 1 aromatic carbocycles. The second kappa shape index (κ2) is 4.34. The lowest BCUT2D eigenvalue weighted by atomic mass is 9.69. The Balaban J connectivity index is 1.97. The molecule has 1 aromatic rings. The number of fused-ring (bicyclic) bond motifs is 2. The van der Waals surface area contributed by atoms with Gasteiger partial charge in [-0.25, -0.2) is 4.39 Å². The lowest BCUT2D eigenvalue weighted by Gasteiger charge is -2.40. The van der Waals surface area contributed by atoms with Crippen LogP contribution in [0.1, 0.15) is 44.6 Å². The highest BCUT2D eigenvalue weighted by Crippen LogP contribution is 2.54. The summed E-state index contributed by atoms with van der Waals surface area (Å²) < 4.78 is 14.1. The Kier molecular flexibility index (Phi) is 2.93. The Morgan fingerprint density at radius 3 is 2.61 bits per heavy atom. The van der Waals surface area contributed by atoms with Crippen molar-refractivity contribution in [1.82, 2.24) is 0 Å². The van der Waals surface area contributed by atoms with E-state index in [1.807, 2.05) is 12.1 Å². The second-order valence-corrected chi connectivity index (χ2v) is 6.16. The highest BCUT2D eigenvalue weighted by Gasteiger charge is 2.49. The molecule has 0 amide bonds. The minimum absolute atomic E-state index is 0.135. The van der Waals surface area contributed by atoms with Crippen molar-refractivity contribution in [1.29, 1.82) is 0 Å². The van der Waals surface area contributed by atoms with Crippen LogP contribution in [0.5, 0.6) is 0 Å². The zero-order valence-corrected chi connectivity index (χ0v) is 11.0. The van der Waals surface area contributed by atoms with Crippen LogP contribution in [0, 0.1) is 23.6 Å². The van der Waals surface area contributed by atoms with Crippen molar-refractivity contribution in [3.05, 3.63) is 35.6 Å². The van der Waals surface area contributed by atoms with E-state index in [1.165, 1.54) is 25.7 Å². The van der Waals surface area contributed by atoms with E-state index in [2.05, 4.69) is 6.92 Å². The Labute approximate surface area is 109 Å². The fourth-order valence-corrected chi connectivity index (χ4v) is 4.37. The molecular weight excluding hydrogens is 225 g/mol. The normalized spacial score (nSPS) is 33.6. The lowest BCUT2D eigenvalue weighted by molar-refractivity contribution is 0.176. The van der Waals surface area contributed by atoms with Gasteiger partial charge >= 0.3 is 0 Å². The van der Waals surface area contributed by atoms with Crippen LogP contribution in [0.25, 0.3) is 0 Å². The molecule has 2 aliphatic rings. The summed E-state index contributed by atoms with van der Waals surface area (Å²) in [5.41, 5.74) is 6.93. The van der Waals surface area contributed by atoms with Gasteiger partial charge in [0.2, 0.25) is 0 Å². The molecule has 4 unspecified atom stereocenters. The maximum atomic E-state index is 14.1. The molecule has 1 nitrogen and oxygen atoms in total. The minimum atomic E-state index is -0.467. The standard InChI is InChI=1S/C16H22FN/c1-2-16(18,13-5-3-4-6-15(13)17)14-10-11-7-8-12(14)9-11/h3-6,11-12,14H,2,7-10,18H2,1H3. The first kappa shape index (κ1) is 12.2. The molecule has 0 spiro atoms. The SMILES string of the molecule is CCC(N)(c1ccccc1F)C1CC2CCC1C2. The van der Waals surface area contributed by atoms with Crippen LogP contribution in [0.4, 0.5) is 4.39 Å². The van der Waals surface area contributed by atoms with Gasteiger partial charge in [0.05, 0.1) is 0 Å². The van der Waals surface area contributed by atoms with Crippen LogP contribution in [0.3, 0.4) is 0 Å². The van der Waals surface area contributed by atoms with Gasteiger partial charge in [0.15, 0.2) is 0 Å².